The van der Waals surface area contributed by atoms with Gasteiger partial charge in [0.15, 0.2) is 5.82 Å². The van der Waals surface area contributed by atoms with E-state index in [2.05, 4.69) is 25.2 Å². The van der Waals surface area contributed by atoms with Gasteiger partial charge in [-0.1, -0.05) is 0 Å². The van der Waals surface area contributed by atoms with E-state index in [1.165, 1.54) is 6.42 Å². The summed E-state index contributed by atoms with van der Waals surface area (Å²) in [5.74, 6) is 1.22. The number of nitrogens with zero attached hydrogens (tertiary/aromatic N) is 4. The Morgan fingerprint density at radius 3 is 2.67 bits per heavy atom. The average molecular weight is 335 g/mol. The third-order valence-electron chi connectivity index (χ3n) is 4.48. The number of carbonyl (C=O) groups excluding carboxylic acids is 1. The number of nitrogens with one attached hydrogen (secondary N) is 1. The molecule has 3 rings (SSSR count). The van der Waals surface area contributed by atoms with Crippen LogP contribution in [-0.4, -0.2) is 54.3 Å². The van der Waals surface area contributed by atoms with Crippen molar-refractivity contribution in [3.63, 3.8) is 0 Å². The number of hydrogen-bond acceptors (Lipinski definition) is 7. The van der Waals surface area contributed by atoms with Gasteiger partial charge in [0.05, 0.1) is 13.7 Å². The number of hydrogen-bond donors (Lipinski definition) is 1. The summed E-state index contributed by atoms with van der Waals surface area (Å²) in [5, 5.41) is 2.93. The molecule has 8 nitrogen and oxygen atoms in total. The van der Waals surface area contributed by atoms with E-state index >= 15 is 0 Å². The van der Waals surface area contributed by atoms with Crippen LogP contribution in [0.1, 0.15) is 37.9 Å². The van der Waals surface area contributed by atoms with E-state index in [1.54, 1.807) is 7.11 Å². The van der Waals surface area contributed by atoms with Crippen LogP contribution in [0.15, 0.2) is 0 Å². The van der Waals surface area contributed by atoms with Gasteiger partial charge in [-0.2, -0.15) is 15.0 Å². The molecule has 0 aromatic carbocycles. The second kappa shape index (κ2) is 8.23. The van der Waals surface area contributed by atoms with Gasteiger partial charge in [-0.05, 0) is 32.1 Å². The first-order chi connectivity index (χ1) is 11.8. The Hall–Kier alpha value is -1.96. The molecule has 1 aromatic heterocycles. The highest BCUT2D eigenvalue weighted by Gasteiger charge is 2.22. The van der Waals surface area contributed by atoms with Gasteiger partial charge in [-0.3, -0.25) is 4.79 Å². The van der Waals surface area contributed by atoms with E-state index in [1.807, 2.05) is 0 Å². The number of carbonyl (C=O) groups is 1. The largest absolute Gasteiger partial charge is 0.467 e. The molecule has 0 saturated carbocycles. The van der Waals surface area contributed by atoms with Crippen LogP contribution in [0.2, 0.25) is 0 Å². The monoisotopic (exact) mass is 335 g/mol. The van der Waals surface area contributed by atoms with Gasteiger partial charge >= 0.3 is 6.01 Å². The lowest BCUT2D eigenvalue weighted by Gasteiger charge is -2.26. The highest BCUT2D eigenvalue weighted by Crippen LogP contribution is 2.18. The molecule has 0 aliphatic carbocycles. The van der Waals surface area contributed by atoms with Gasteiger partial charge < -0.3 is 19.7 Å². The zero-order chi connectivity index (χ0) is 16.8. The van der Waals surface area contributed by atoms with Crippen LogP contribution in [0.4, 0.5) is 5.95 Å². The van der Waals surface area contributed by atoms with Crippen molar-refractivity contribution >= 4 is 11.9 Å². The quantitative estimate of drug-likeness (QED) is 0.855. The topological polar surface area (TPSA) is 89.5 Å². The molecule has 24 heavy (non-hydrogen) atoms. The fourth-order valence-electron chi connectivity index (χ4n) is 3.06. The van der Waals surface area contributed by atoms with Gasteiger partial charge in [0, 0.05) is 32.2 Å². The predicted molar refractivity (Wildman–Crippen MR) is 87.8 cm³/mol. The summed E-state index contributed by atoms with van der Waals surface area (Å²) in [6.45, 7) is 3.48. The first-order valence-corrected chi connectivity index (χ1v) is 8.65. The first-order valence-electron chi connectivity index (χ1n) is 8.65. The minimum absolute atomic E-state index is 0.0176. The number of ether oxygens (including phenoxy) is 2. The molecule has 1 N–H and O–H groups in total. The summed E-state index contributed by atoms with van der Waals surface area (Å²) in [5.41, 5.74) is 0. The highest BCUT2D eigenvalue weighted by atomic mass is 16.5. The average Bonchev–Trinajstić information content (AvgIpc) is 2.67. The van der Waals surface area contributed by atoms with Crippen molar-refractivity contribution in [3.05, 3.63) is 5.82 Å². The lowest BCUT2D eigenvalue weighted by molar-refractivity contribution is -0.128. The molecule has 0 bridgehead atoms. The molecular weight excluding hydrogens is 310 g/mol. The van der Waals surface area contributed by atoms with Crippen LogP contribution in [-0.2, 0) is 16.1 Å². The Morgan fingerprint density at radius 2 is 1.96 bits per heavy atom. The maximum atomic E-state index is 12.2. The van der Waals surface area contributed by atoms with Gasteiger partial charge in [0.1, 0.15) is 0 Å². The van der Waals surface area contributed by atoms with Crippen LogP contribution >= 0.6 is 0 Å². The van der Waals surface area contributed by atoms with Crippen LogP contribution in [0.5, 0.6) is 6.01 Å². The molecule has 0 spiro atoms. The number of methoxy groups -OCH3 is 1. The molecular formula is C16H25N5O3. The first kappa shape index (κ1) is 16.9. The molecule has 0 atom stereocenters. The molecule has 1 amide bonds. The molecule has 132 valence electrons. The Bertz CT molecular complexity index is 557. The minimum atomic E-state index is 0.0176. The number of amides is 1. The Morgan fingerprint density at radius 1 is 1.21 bits per heavy atom. The molecule has 8 heteroatoms. The van der Waals surface area contributed by atoms with Crippen LogP contribution in [0.3, 0.4) is 0 Å². The maximum absolute atomic E-state index is 12.2. The van der Waals surface area contributed by atoms with E-state index in [0.29, 0.717) is 31.0 Å². The predicted octanol–water partition coefficient (Wildman–Crippen LogP) is 0.913. The van der Waals surface area contributed by atoms with E-state index < -0.39 is 0 Å². The van der Waals surface area contributed by atoms with Crippen molar-refractivity contribution in [1.29, 1.82) is 0 Å². The summed E-state index contributed by atoms with van der Waals surface area (Å²) in [6, 6.07) is 0.292. The zero-order valence-corrected chi connectivity index (χ0v) is 14.2. The third-order valence-corrected chi connectivity index (χ3v) is 4.48. The molecule has 0 radical (unpaired) electrons. The normalized spacial score (nSPS) is 19.1. The second-order valence-electron chi connectivity index (χ2n) is 6.19. The molecule has 2 fully saturated rings. The van der Waals surface area contributed by atoms with Crippen molar-refractivity contribution in [2.45, 2.75) is 38.6 Å². The number of aromatic nitrogens is 3. The number of piperidine rings is 1. The van der Waals surface area contributed by atoms with Crippen LogP contribution in [0.25, 0.3) is 0 Å². The fraction of sp³-hybridized carbons (Fsp3) is 0.750. The van der Waals surface area contributed by atoms with Gasteiger partial charge in [0.25, 0.3) is 0 Å². The SMILES string of the molecule is COc1nc(CNC(=O)C2CCOCC2)nc(N2CCCCC2)n1. The molecule has 2 aliphatic heterocycles. The summed E-state index contributed by atoms with van der Waals surface area (Å²) in [4.78, 5) is 27.5. The van der Waals surface area contributed by atoms with Crippen LogP contribution < -0.4 is 15.0 Å². The van der Waals surface area contributed by atoms with Crippen molar-refractivity contribution in [2.24, 2.45) is 5.92 Å². The van der Waals surface area contributed by atoms with Crippen molar-refractivity contribution in [3.8, 4) is 6.01 Å². The van der Waals surface area contributed by atoms with Gasteiger partial charge in [0.2, 0.25) is 11.9 Å². The second-order valence-corrected chi connectivity index (χ2v) is 6.19. The van der Waals surface area contributed by atoms with Crippen LogP contribution in [0, 0.1) is 5.92 Å². The molecule has 1 aromatic rings. The summed E-state index contributed by atoms with van der Waals surface area (Å²) in [7, 11) is 1.54. The fourth-order valence-corrected chi connectivity index (χ4v) is 3.06. The van der Waals surface area contributed by atoms with E-state index in [-0.39, 0.29) is 18.4 Å². The van der Waals surface area contributed by atoms with Crippen molar-refractivity contribution < 1.29 is 14.3 Å². The van der Waals surface area contributed by atoms with Crippen molar-refractivity contribution in [1.82, 2.24) is 20.3 Å². The smallest absolute Gasteiger partial charge is 0.321 e. The molecule has 2 saturated heterocycles. The third kappa shape index (κ3) is 4.31. The Labute approximate surface area is 142 Å². The Balaban J connectivity index is 1.64. The standard InChI is InChI=1S/C16H25N5O3/c1-23-16-19-13(11-17-14(22)12-5-9-24-10-6-12)18-15(20-16)21-7-3-2-4-8-21/h12H,2-11H2,1H3,(H,17,22). The summed E-state index contributed by atoms with van der Waals surface area (Å²) < 4.78 is 10.5. The maximum Gasteiger partial charge on any atom is 0.321 e. The van der Waals surface area contributed by atoms with E-state index in [0.717, 1.165) is 38.8 Å². The molecule has 0 unspecified atom stereocenters. The minimum Gasteiger partial charge on any atom is -0.467 e. The number of anilines is 1. The van der Waals surface area contributed by atoms with Gasteiger partial charge in [-0.25, -0.2) is 0 Å². The Kier molecular flexibility index (Phi) is 5.79. The highest BCUT2D eigenvalue weighted by molar-refractivity contribution is 5.78. The van der Waals surface area contributed by atoms with E-state index in [9.17, 15) is 4.79 Å². The molecule has 2 aliphatic rings. The lowest BCUT2D eigenvalue weighted by Crippen LogP contribution is -2.35. The van der Waals surface area contributed by atoms with E-state index in [4.69, 9.17) is 9.47 Å². The zero-order valence-electron chi connectivity index (χ0n) is 14.2. The summed E-state index contributed by atoms with van der Waals surface area (Å²) >= 11 is 0. The van der Waals surface area contributed by atoms with Gasteiger partial charge in [-0.15, -0.1) is 0 Å². The summed E-state index contributed by atoms with van der Waals surface area (Å²) in [6.07, 6.45) is 5.07. The lowest BCUT2D eigenvalue weighted by atomic mass is 9.99. The number of rotatable bonds is 5. The molecule has 3 heterocycles. The van der Waals surface area contributed by atoms with Crippen molar-refractivity contribution in [2.75, 3.05) is 38.3 Å².